The van der Waals surface area contributed by atoms with Crippen LogP contribution in [-0.4, -0.2) is 53.0 Å². The molecule has 170 valence electrons. The number of aryl methyl sites for hydroxylation is 1. The van der Waals surface area contributed by atoms with Gasteiger partial charge >= 0.3 is 0 Å². The first-order chi connectivity index (χ1) is 16.0. The fourth-order valence-corrected chi connectivity index (χ4v) is 3.84. The van der Waals surface area contributed by atoms with Crippen molar-refractivity contribution < 1.29 is 13.5 Å². The number of rotatable bonds is 5. The summed E-state index contributed by atoms with van der Waals surface area (Å²) >= 11 is 0. The SMILES string of the molecule is Cc1cnc2c(-c3ccc(F)cc3F)nc(N3CCOC(/C(C=NC4CC4)=C/N)C3)cc2n1. The lowest BCUT2D eigenvalue weighted by Crippen LogP contribution is -2.44. The van der Waals surface area contributed by atoms with Gasteiger partial charge in [0, 0.05) is 55.0 Å². The van der Waals surface area contributed by atoms with Crippen LogP contribution in [0, 0.1) is 18.6 Å². The Kier molecular flexibility index (Phi) is 5.72. The van der Waals surface area contributed by atoms with Gasteiger partial charge in [-0.3, -0.25) is 9.98 Å². The second kappa shape index (κ2) is 8.82. The van der Waals surface area contributed by atoms with Crippen molar-refractivity contribution in [1.29, 1.82) is 0 Å². The second-order valence-electron chi connectivity index (χ2n) is 8.31. The number of aliphatic imine (C=N–C) groups is 1. The number of morpholine rings is 1. The second-order valence-corrected chi connectivity index (χ2v) is 8.31. The highest BCUT2D eigenvalue weighted by Gasteiger charge is 2.26. The first kappa shape index (κ1) is 21.4. The summed E-state index contributed by atoms with van der Waals surface area (Å²) in [5, 5.41) is 0. The van der Waals surface area contributed by atoms with E-state index in [0.717, 1.165) is 30.2 Å². The van der Waals surface area contributed by atoms with Crippen LogP contribution in [0.15, 0.2) is 47.2 Å². The van der Waals surface area contributed by atoms with Gasteiger partial charge in [0.05, 0.1) is 23.9 Å². The van der Waals surface area contributed by atoms with Crippen LogP contribution in [0.25, 0.3) is 22.3 Å². The highest BCUT2D eigenvalue weighted by molar-refractivity contribution is 5.91. The molecule has 1 saturated heterocycles. The molecule has 1 saturated carbocycles. The molecule has 1 aliphatic carbocycles. The summed E-state index contributed by atoms with van der Waals surface area (Å²) in [7, 11) is 0. The molecule has 0 bridgehead atoms. The molecular formula is C24H24F2N6O. The maximum Gasteiger partial charge on any atom is 0.135 e. The Morgan fingerprint density at radius 3 is 2.85 bits per heavy atom. The molecule has 3 aromatic rings. The summed E-state index contributed by atoms with van der Waals surface area (Å²) in [6.07, 6.45) is 6.89. The summed E-state index contributed by atoms with van der Waals surface area (Å²) < 4.78 is 34.2. The van der Waals surface area contributed by atoms with Crippen LogP contribution in [0.1, 0.15) is 18.5 Å². The molecule has 1 aliphatic heterocycles. The fourth-order valence-electron chi connectivity index (χ4n) is 3.84. The van der Waals surface area contributed by atoms with Gasteiger partial charge in [-0.2, -0.15) is 0 Å². The molecule has 1 atom stereocenters. The molecule has 9 heteroatoms. The number of hydrogen-bond donors (Lipinski definition) is 1. The van der Waals surface area contributed by atoms with Crippen LogP contribution in [0.4, 0.5) is 14.6 Å². The van der Waals surface area contributed by atoms with E-state index < -0.39 is 11.6 Å². The summed E-state index contributed by atoms with van der Waals surface area (Å²) in [5.41, 5.74) is 8.94. The van der Waals surface area contributed by atoms with Crippen molar-refractivity contribution in [2.75, 3.05) is 24.6 Å². The molecule has 2 aliphatic rings. The number of nitrogens with zero attached hydrogens (tertiary/aromatic N) is 5. The lowest BCUT2D eigenvalue weighted by Gasteiger charge is -2.34. The quantitative estimate of drug-likeness (QED) is 0.598. The minimum Gasteiger partial charge on any atom is -0.404 e. The van der Waals surface area contributed by atoms with E-state index in [4.69, 9.17) is 15.5 Å². The maximum absolute atomic E-state index is 14.7. The topological polar surface area (TPSA) is 89.5 Å². The zero-order chi connectivity index (χ0) is 22.9. The van der Waals surface area contributed by atoms with Crippen LogP contribution in [-0.2, 0) is 4.74 Å². The van der Waals surface area contributed by atoms with E-state index >= 15 is 0 Å². The number of fused-ring (bicyclic) bond motifs is 1. The van der Waals surface area contributed by atoms with E-state index in [-0.39, 0.29) is 11.7 Å². The van der Waals surface area contributed by atoms with Crippen molar-refractivity contribution in [3.05, 3.63) is 59.6 Å². The van der Waals surface area contributed by atoms with E-state index in [1.807, 2.05) is 13.0 Å². The number of ether oxygens (including phenoxy) is 1. The number of anilines is 1. The Hall–Kier alpha value is -3.46. The van der Waals surface area contributed by atoms with Gasteiger partial charge in [-0.05, 0) is 31.9 Å². The average Bonchev–Trinajstić information content (AvgIpc) is 3.63. The molecular weight excluding hydrogens is 426 g/mol. The predicted molar refractivity (Wildman–Crippen MR) is 123 cm³/mol. The van der Waals surface area contributed by atoms with Crippen LogP contribution >= 0.6 is 0 Å². The molecule has 5 rings (SSSR count). The lowest BCUT2D eigenvalue weighted by atomic mass is 10.1. The smallest absolute Gasteiger partial charge is 0.135 e. The molecule has 2 fully saturated rings. The number of halogens is 2. The van der Waals surface area contributed by atoms with Gasteiger partial charge in [0.2, 0.25) is 0 Å². The monoisotopic (exact) mass is 450 g/mol. The molecule has 7 nitrogen and oxygen atoms in total. The van der Waals surface area contributed by atoms with Crippen LogP contribution in [0.3, 0.4) is 0 Å². The Labute approximate surface area is 190 Å². The minimum absolute atomic E-state index is 0.172. The molecule has 0 spiro atoms. The van der Waals surface area contributed by atoms with Crippen molar-refractivity contribution in [3.63, 3.8) is 0 Å². The molecule has 2 N–H and O–H groups in total. The standard InChI is InChI=1S/C24H24F2N6O/c1-14-11-29-24-20(30-14)9-22(31-23(24)18-5-2-16(25)8-19(18)26)32-6-7-33-21(13-32)15(10-27)12-28-17-3-4-17/h2,5,8-12,17,21H,3-4,6-7,13,27H2,1H3/b15-10+,28-12?. The number of benzene rings is 1. The fraction of sp³-hybridized carbons (Fsp3) is 0.333. The highest BCUT2D eigenvalue weighted by Crippen LogP contribution is 2.31. The third-order valence-corrected chi connectivity index (χ3v) is 5.76. The van der Waals surface area contributed by atoms with Crippen LogP contribution in [0.2, 0.25) is 0 Å². The van der Waals surface area contributed by atoms with Gasteiger partial charge in [0.1, 0.15) is 34.8 Å². The van der Waals surface area contributed by atoms with Gasteiger partial charge in [-0.25, -0.2) is 18.7 Å². The van der Waals surface area contributed by atoms with E-state index in [1.165, 1.54) is 18.3 Å². The van der Waals surface area contributed by atoms with E-state index in [9.17, 15) is 8.78 Å². The van der Waals surface area contributed by atoms with Gasteiger partial charge < -0.3 is 15.4 Å². The molecule has 0 amide bonds. The minimum atomic E-state index is -0.701. The highest BCUT2D eigenvalue weighted by atomic mass is 19.1. The summed E-state index contributed by atoms with van der Waals surface area (Å²) in [4.78, 5) is 20.3. The molecule has 33 heavy (non-hydrogen) atoms. The van der Waals surface area contributed by atoms with E-state index in [2.05, 4.69) is 19.9 Å². The van der Waals surface area contributed by atoms with Crippen LogP contribution in [0.5, 0.6) is 0 Å². The normalized spacial score (nSPS) is 19.5. The van der Waals surface area contributed by atoms with E-state index in [0.29, 0.717) is 48.3 Å². The largest absolute Gasteiger partial charge is 0.404 e. The van der Waals surface area contributed by atoms with Crippen molar-refractivity contribution in [2.24, 2.45) is 10.7 Å². The first-order valence-electron chi connectivity index (χ1n) is 10.9. The molecule has 1 unspecified atom stereocenters. The number of hydrogen-bond acceptors (Lipinski definition) is 7. The van der Waals surface area contributed by atoms with Gasteiger partial charge in [0.25, 0.3) is 0 Å². The number of pyridine rings is 1. The van der Waals surface area contributed by atoms with Gasteiger partial charge in [-0.1, -0.05) is 0 Å². The third-order valence-electron chi connectivity index (χ3n) is 5.76. The summed E-state index contributed by atoms with van der Waals surface area (Å²) in [5.74, 6) is -0.735. The Balaban J connectivity index is 1.53. The molecule has 3 heterocycles. The number of nitrogens with two attached hydrogens (primary N) is 1. The summed E-state index contributed by atoms with van der Waals surface area (Å²) in [6.45, 7) is 3.41. The molecule has 1 aromatic carbocycles. The third kappa shape index (κ3) is 4.54. The molecule has 0 radical (unpaired) electrons. The Morgan fingerprint density at radius 2 is 2.09 bits per heavy atom. The zero-order valence-corrected chi connectivity index (χ0v) is 18.2. The van der Waals surface area contributed by atoms with Crippen molar-refractivity contribution >= 4 is 23.1 Å². The van der Waals surface area contributed by atoms with Crippen molar-refractivity contribution in [1.82, 2.24) is 15.0 Å². The number of aromatic nitrogens is 3. The molecule has 2 aromatic heterocycles. The lowest BCUT2D eigenvalue weighted by molar-refractivity contribution is 0.0677. The zero-order valence-electron chi connectivity index (χ0n) is 18.2. The van der Waals surface area contributed by atoms with Gasteiger partial charge in [-0.15, -0.1) is 0 Å². The van der Waals surface area contributed by atoms with Crippen molar-refractivity contribution in [2.45, 2.75) is 31.9 Å². The van der Waals surface area contributed by atoms with Gasteiger partial charge in [0.15, 0.2) is 0 Å². The van der Waals surface area contributed by atoms with E-state index in [1.54, 1.807) is 12.4 Å². The van der Waals surface area contributed by atoms with Crippen molar-refractivity contribution in [3.8, 4) is 11.3 Å². The first-order valence-corrected chi connectivity index (χ1v) is 10.9. The van der Waals surface area contributed by atoms with Crippen LogP contribution < -0.4 is 10.6 Å². The average molecular weight is 450 g/mol. The predicted octanol–water partition coefficient (Wildman–Crippen LogP) is 3.56. The Bertz CT molecular complexity index is 1260. The maximum atomic E-state index is 14.7. The summed E-state index contributed by atoms with van der Waals surface area (Å²) in [6, 6.07) is 5.66. The Morgan fingerprint density at radius 1 is 1.24 bits per heavy atom.